The van der Waals surface area contributed by atoms with Crippen LogP contribution in [0.3, 0.4) is 0 Å². The number of rotatable bonds is 2. The highest BCUT2D eigenvalue weighted by Crippen LogP contribution is 2.39. The smallest absolute Gasteiger partial charge is 0.0354 e. The van der Waals surface area contributed by atoms with E-state index in [1.165, 1.54) is 58.0 Å². The second-order valence-corrected chi connectivity index (χ2v) is 6.76. The molecule has 0 aromatic heterocycles. The molecule has 2 nitrogen and oxygen atoms in total. The normalized spacial score (nSPS) is 34.3. The number of nitrogens with zero attached hydrogens (tertiary/aromatic N) is 1. The molecule has 0 amide bonds. The molecule has 20 heavy (non-hydrogen) atoms. The molecule has 0 saturated carbocycles. The Morgan fingerprint density at radius 2 is 1.95 bits per heavy atom. The summed E-state index contributed by atoms with van der Waals surface area (Å²) in [6.45, 7) is 2.54. The molecule has 1 N–H and O–H groups in total. The summed E-state index contributed by atoms with van der Waals surface area (Å²) in [4.78, 5) is 2.85. The molecule has 2 aliphatic heterocycles. The second-order valence-electron chi connectivity index (χ2n) is 6.76. The van der Waals surface area contributed by atoms with Crippen LogP contribution in [-0.2, 0) is 6.42 Å². The molecular weight excluding hydrogens is 244 g/mol. The number of likely N-dealkylation sites (tertiary alicyclic amines) is 1. The van der Waals surface area contributed by atoms with Gasteiger partial charge in [-0.2, -0.15) is 0 Å². The summed E-state index contributed by atoms with van der Waals surface area (Å²) in [5, 5.41) is 3.75. The lowest BCUT2D eigenvalue weighted by molar-refractivity contribution is 0.138. The first-order valence-electron chi connectivity index (χ1n) is 8.50. The maximum Gasteiger partial charge on any atom is 0.0354 e. The fourth-order valence-corrected chi connectivity index (χ4v) is 4.75. The molecule has 4 rings (SSSR count). The lowest BCUT2D eigenvalue weighted by Crippen LogP contribution is -2.46. The SMILES string of the molecule is c1ccc2c(c1)CCCC2N1CCCC1C1CCCN1. The lowest BCUT2D eigenvalue weighted by Gasteiger charge is -2.39. The summed E-state index contributed by atoms with van der Waals surface area (Å²) >= 11 is 0. The largest absolute Gasteiger partial charge is 0.312 e. The minimum Gasteiger partial charge on any atom is -0.312 e. The first kappa shape index (κ1) is 12.8. The van der Waals surface area contributed by atoms with Crippen LogP contribution in [0.2, 0.25) is 0 Å². The Kier molecular flexibility index (Phi) is 3.53. The molecule has 2 saturated heterocycles. The highest BCUT2D eigenvalue weighted by Gasteiger charge is 2.38. The van der Waals surface area contributed by atoms with Gasteiger partial charge in [-0.05, 0) is 69.2 Å². The highest BCUT2D eigenvalue weighted by molar-refractivity contribution is 5.32. The Morgan fingerprint density at radius 3 is 2.85 bits per heavy atom. The quantitative estimate of drug-likeness (QED) is 0.887. The molecule has 0 radical (unpaired) electrons. The first-order chi connectivity index (χ1) is 9.93. The minimum absolute atomic E-state index is 0.690. The standard InChI is InChI=1S/C18H26N2/c1-2-8-15-14(6-1)7-3-10-17(15)20-13-5-11-18(20)16-9-4-12-19-16/h1-2,6,8,16-19H,3-5,7,9-13H2. The fourth-order valence-electron chi connectivity index (χ4n) is 4.75. The van der Waals surface area contributed by atoms with Gasteiger partial charge in [0.15, 0.2) is 0 Å². The maximum absolute atomic E-state index is 3.75. The van der Waals surface area contributed by atoms with Crippen LogP contribution in [0.4, 0.5) is 0 Å². The van der Waals surface area contributed by atoms with Gasteiger partial charge in [-0.25, -0.2) is 0 Å². The van der Waals surface area contributed by atoms with Gasteiger partial charge >= 0.3 is 0 Å². The van der Waals surface area contributed by atoms with Crippen LogP contribution in [0.15, 0.2) is 24.3 Å². The maximum atomic E-state index is 3.75. The van der Waals surface area contributed by atoms with Gasteiger partial charge in [-0.3, -0.25) is 4.90 Å². The first-order valence-corrected chi connectivity index (χ1v) is 8.50. The number of nitrogens with one attached hydrogen (secondary N) is 1. The molecule has 1 aliphatic carbocycles. The van der Waals surface area contributed by atoms with Gasteiger partial charge in [0.2, 0.25) is 0 Å². The monoisotopic (exact) mass is 270 g/mol. The number of hydrogen-bond acceptors (Lipinski definition) is 2. The third-order valence-corrected chi connectivity index (χ3v) is 5.64. The molecular formula is C18H26N2. The van der Waals surface area contributed by atoms with Gasteiger partial charge in [0, 0.05) is 18.1 Å². The van der Waals surface area contributed by atoms with Crippen molar-refractivity contribution >= 4 is 0 Å². The summed E-state index contributed by atoms with van der Waals surface area (Å²) in [5.41, 5.74) is 3.23. The Hall–Kier alpha value is -0.860. The topological polar surface area (TPSA) is 15.3 Å². The van der Waals surface area contributed by atoms with E-state index in [0.717, 1.165) is 12.1 Å². The molecule has 3 atom stereocenters. The Bertz CT molecular complexity index is 464. The predicted molar refractivity (Wildman–Crippen MR) is 82.9 cm³/mol. The van der Waals surface area contributed by atoms with E-state index in [1.54, 1.807) is 11.1 Å². The third kappa shape index (κ3) is 2.19. The average Bonchev–Trinajstić information content (AvgIpc) is 3.17. The summed E-state index contributed by atoms with van der Waals surface area (Å²) in [6.07, 6.45) is 9.56. The van der Waals surface area contributed by atoms with Crippen LogP contribution in [0.5, 0.6) is 0 Å². The third-order valence-electron chi connectivity index (χ3n) is 5.64. The summed E-state index contributed by atoms with van der Waals surface area (Å²) in [5.74, 6) is 0. The average molecular weight is 270 g/mol. The molecule has 2 heteroatoms. The zero-order chi connectivity index (χ0) is 13.4. The van der Waals surface area contributed by atoms with Gasteiger partial charge in [-0.15, -0.1) is 0 Å². The van der Waals surface area contributed by atoms with Gasteiger partial charge in [0.1, 0.15) is 0 Å². The molecule has 3 aliphatic rings. The van der Waals surface area contributed by atoms with Crippen LogP contribution in [0.25, 0.3) is 0 Å². The minimum atomic E-state index is 0.690. The van der Waals surface area contributed by atoms with Crippen LogP contribution < -0.4 is 5.32 Å². The van der Waals surface area contributed by atoms with Gasteiger partial charge in [-0.1, -0.05) is 24.3 Å². The molecule has 1 aromatic rings. The van der Waals surface area contributed by atoms with Crippen molar-refractivity contribution in [1.29, 1.82) is 0 Å². The Morgan fingerprint density at radius 1 is 1.00 bits per heavy atom. The molecule has 0 spiro atoms. The number of fused-ring (bicyclic) bond motifs is 1. The summed E-state index contributed by atoms with van der Waals surface area (Å²) < 4.78 is 0. The van der Waals surface area contributed by atoms with E-state index in [-0.39, 0.29) is 0 Å². The van der Waals surface area contributed by atoms with Crippen molar-refractivity contribution in [2.75, 3.05) is 13.1 Å². The molecule has 2 fully saturated rings. The summed E-state index contributed by atoms with van der Waals surface area (Å²) in [7, 11) is 0. The van der Waals surface area contributed by atoms with Crippen molar-refractivity contribution in [3.63, 3.8) is 0 Å². The van der Waals surface area contributed by atoms with Crippen LogP contribution >= 0.6 is 0 Å². The van der Waals surface area contributed by atoms with Gasteiger partial charge < -0.3 is 5.32 Å². The van der Waals surface area contributed by atoms with Crippen molar-refractivity contribution < 1.29 is 0 Å². The van der Waals surface area contributed by atoms with E-state index in [0.29, 0.717) is 6.04 Å². The van der Waals surface area contributed by atoms with E-state index in [4.69, 9.17) is 0 Å². The summed E-state index contributed by atoms with van der Waals surface area (Å²) in [6, 6.07) is 11.4. The lowest BCUT2D eigenvalue weighted by atomic mass is 9.86. The zero-order valence-electron chi connectivity index (χ0n) is 12.4. The van der Waals surface area contributed by atoms with Crippen LogP contribution in [-0.4, -0.2) is 30.1 Å². The number of aryl methyl sites for hydroxylation is 1. The van der Waals surface area contributed by atoms with Crippen LogP contribution in [0.1, 0.15) is 55.7 Å². The zero-order valence-corrected chi connectivity index (χ0v) is 12.4. The van der Waals surface area contributed by atoms with Gasteiger partial charge in [0.05, 0.1) is 0 Å². The predicted octanol–water partition coefficient (Wildman–Crippen LogP) is 3.28. The van der Waals surface area contributed by atoms with E-state index in [2.05, 4.69) is 34.5 Å². The number of benzene rings is 1. The van der Waals surface area contributed by atoms with Crippen molar-refractivity contribution in [1.82, 2.24) is 10.2 Å². The molecule has 3 unspecified atom stereocenters. The van der Waals surface area contributed by atoms with E-state index >= 15 is 0 Å². The van der Waals surface area contributed by atoms with Crippen molar-refractivity contribution in [3.05, 3.63) is 35.4 Å². The van der Waals surface area contributed by atoms with Crippen molar-refractivity contribution in [2.24, 2.45) is 0 Å². The molecule has 1 aromatic carbocycles. The van der Waals surface area contributed by atoms with Crippen molar-refractivity contribution in [3.8, 4) is 0 Å². The Labute approximate surface area is 122 Å². The second kappa shape index (κ2) is 5.50. The Balaban J connectivity index is 1.60. The van der Waals surface area contributed by atoms with Crippen LogP contribution in [0, 0.1) is 0 Å². The van der Waals surface area contributed by atoms with Crippen molar-refractivity contribution in [2.45, 2.75) is 63.1 Å². The molecule has 108 valence electrons. The van der Waals surface area contributed by atoms with E-state index in [1.807, 2.05) is 0 Å². The van der Waals surface area contributed by atoms with E-state index < -0.39 is 0 Å². The van der Waals surface area contributed by atoms with E-state index in [9.17, 15) is 0 Å². The fraction of sp³-hybridized carbons (Fsp3) is 0.667. The highest BCUT2D eigenvalue weighted by atomic mass is 15.2. The molecule has 0 bridgehead atoms. The number of hydrogen-bond donors (Lipinski definition) is 1. The molecule has 2 heterocycles. The van der Waals surface area contributed by atoms with Gasteiger partial charge in [0.25, 0.3) is 0 Å².